The Kier molecular flexibility index (Phi) is 6.94. The number of aromatic amines is 1. The summed E-state index contributed by atoms with van der Waals surface area (Å²) in [5.41, 5.74) is 4.74. The van der Waals surface area contributed by atoms with E-state index in [1.165, 1.54) is 22.0 Å². The van der Waals surface area contributed by atoms with Crippen LogP contribution in [0.15, 0.2) is 53.7 Å². The molecule has 0 spiro atoms. The van der Waals surface area contributed by atoms with Gasteiger partial charge in [0.1, 0.15) is 5.75 Å². The number of hydrogen-bond donors (Lipinski definition) is 3. The summed E-state index contributed by atoms with van der Waals surface area (Å²) in [5, 5.41) is 8.03. The molecule has 0 unspecified atom stereocenters. The molecule has 3 aromatic rings. The number of ether oxygens (including phenoxy) is 1. The van der Waals surface area contributed by atoms with Crippen molar-refractivity contribution >= 4 is 28.5 Å². The molecule has 32 heavy (non-hydrogen) atoms. The first-order valence-corrected chi connectivity index (χ1v) is 11.3. The summed E-state index contributed by atoms with van der Waals surface area (Å²) in [6.45, 7) is 4.43. The highest BCUT2D eigenvalue weighted by atomic mass is 16.5. The number of fused-ring (bicyclic) bond motifs is 2. The van der Waals surface area contributed by atoms with Gasteiger partial charge in [0, 0.05) is 43.8 Å². The number of nitrogens with zero attached hydrogens (tertiary/aromatic N) is 2. The maximum absolute atomic E-state index is 12.3. The lowest BCUT2D eigenvalue weighted by Gasteiger charge is -2.29. The number of nitrogens with one attached hydrogen (secondary N) is 3. The second-order valence-corrected chi connectivity index (χ2v) is 7.84. The third kappa shape index (κ3) is 4.72. The Balaban J connectivity index is 1.24. The molecular formula is C25H31N5O2. The first-order chi connectivity index (χ1) is 15.7. The summed E-state index contributed by atoms with van der Waals surface area (Å²) in [4.78, 5) is 21.8. The lowest BCUT2D eigenvalue weighted by atomic mass is 10.1. The van der Waals surface area contributed by atoms with E-state index >= 15 is 0 Å². The molecule has 0 atom stereocenters. The van der Waals surface area contributed by atoms with Crippen molar-refractivity contribution in [3.63, 3.8) is 0 Å². The Morgan fingerprint density at radius 2 is 1.97 bits per heavy atom. The molecule has 2 heterocycles. The van der Waals surface area contributed by atoms with Gasteiger partial charge in [-0.1, -0.05) is 37.3 Å². The zero-order chi connectivity index (χ0) is 22.3. The van der Waals surface area contributed by atoms with E-state index in [2.05, 4.69) is 51.9 Å². The van der Waals surface area contributed by atoms with Gasteiger partial charge < -0.3 is 25.3 Å². The number of aliphatic imine (C=N–C) groups is 1. The van der Waals surface area contributed by atoms with Crippen molar-refractivity contribution < 1.29 is 9.53 Å². The number of aryl methyl sites for hydroxylation is 1. The lowest BCUT2D eigenvalue weighted by Crippen LogP contribution is -2.42. The molecular weight excluding hydrogens is 402 g/mol. The van der Waals surface area contributed by atoms with Gasteiger partial charge in [0.25, 0.3) is 5.91 Å². The van der Waals surface area contributed by atoms with Crippen molar-refractivity contribution in [1.29, 1.82) is 0 Å². The van der Waals surface area contributed by atoms with Crippen molar-refractivity contribution in [2.24, 2.45) is 4.99 Å². The van der Waals surface area contributed by atoms with Gasteiger partial charge in [-0.25, -0.2) is 0 Å². The van der Waals surface area contributed by atoms with Crippen molar-refractivity contribution in [3.05, 3.63) is 59.8 Å². The zero-order valence-corrected chi connectivity index (χ0v) is 18.8. The molecule has 0 bridgehead atoms. The van der Waals surface area contributed by atoms with Crippen LogP contribution in [0.25, 0.3) is 10.9 Å². The van der Waals surface area contributed by atoms with Gasteiger partial charge in [-0.15, -0.1) is 0 Å². The number of benzene rings is 2. The average Bonchev–Trinajstić information content (AvgIpc) is 3.25. The topological polar surface area (TPSA) is 81.8 Å². The van der Waals surface area contributed by atoms with E-state index < -0.39 is 0 Å². The number of anilines is 1. The summed E-state index contributed by atoms with van der Waals surface area (Å²) in [6, 6.07) is 14.2. The van der Waals surface area contributed by atoms with Gasteiger partial charge in [0.15, 0.2) is 12.6 Å². The Morgan fingerprint density at radius 3 is 2.81 bits per heavy atom. The molecule has 0 aliphatic carbocycles. The number of hydrogen-bond acceptors (Lipinski definition) is 3. The Morgan fingerprint density at radius 1 is 1.12 bits per heavy atom. The molecule has 0 fully saturated rings. The minimum absolute atomic E-state index is 0.00355. The number of para-hydroxylation sites is 3. The van der Waals surface area contributed by atoms with Crippen molar-refractivity contribution in [2.75, 3.05) is 38.2 Å². The third-order valence-electron chi connectivity index (χ3n) is 5.84. The van der Waals surface area contributed by atoms with Crippen LogP contribution in [-0.2, 0) is 17.6 Å². The van der Waals surface area contributed by atoms with E-state index in [0.29, 0.717) is 6.54 Å². The van der Waals surface area contributed by atoms with Crippen molar-refractivity contribution in [3.8, 4) is 5.75 Å². The minimum Gasteiger partial charge on any atom is -0.482 e. The molecule has 0 saturated carbocycles. The van der Waals surface area contributed by atoms with Crippen molar-refractivity contribution in [2.45, 2.75) is 26.2 Å². The van der Waals surface area contributed by atoms with E-state index in [1.807, 2.05) is 24.3 Å². The van der Waals surface area contributed by atoms with E-state index in [9.17, 15) is 4.79 Å². The van der Waals surface area contributed by atoms with Crippen LogP contribution in [0.3, 0.4) is 0 Å². The van der Waals surface area contributed by atoms with Gasteiger partial charge in [-0.2, -0.15) is 0 Å². The molecule has 1 aromatic heterocycles. The zero-order valence-electron chi connectivity index (χ0n) is 18.8. The number of carbonyl (C=O) groups is 1. The van der Waals surface area contributed by atoms with Gasteiger partial charge in [-0.05, 0) is 42.5 Å². The normalized spacial score (nSPS) is 13.8. The third-order valence-corrected chi connectivity index (χ3v) is 5.84. The fraction of sp³-hybridized carbons (Fsp3) is 0.360. The molecule has 7 nitrogen and oxygen atoms in total. The van der Waals surface area contributed by atoms with E-state index in [-0.39, 0.29) is 12.5 Å². The Bertz CT molecular complexity index is 1100. The van der Waals surface area contributed by atoms with Gasteiger partial charge in [-0.3, -0.25) is 9.79 Å². The molecule has 3 N–H and O–H groups in total. The SMILES string of the molecule is CCc1cccc2c(CCNC(=NC)NCCCN3C(=O)COc4ccccc43)c[nH]c12. The predicted molar refractivity (Wildman–Crippen MR) is 130 cm³/mol. The first-order valence-electron chi connectivity index (χ1n) is 11.3. The minimum atomic E-state index is -0.00355. The lowest BCUT2D eigenvalue weighted by molar-refractivity contribution is -0.121. The van der Waals surface area contributed by atoms with Gasteiger partial charge >= 0.3 is 0 Å². The molecule has 168 valence electrons. The van der Waals surface area contributed by atoms with E-state index in [4.69, 9.17) is 4.74 Å². The van der Waals surface area contributed by atoms with Gasteiger partial charge in [0.05, 0.1) is 5.69 Å². The number of H-pyrrole nitrogens is 1. The predicted octanol–water partition coefficient (Wildman–Crippen LogP) is 3.25. The maximum Gasteiger partial charge on any atom is 0.265 e. The summed E-state index contributed by atoms with van der Waals surface area (Å²) in [5.74, 6) is 1.53. The smallest absolute Gasteiger partial charge is 0.265 e. The van der Waals surface area contributed by atoms with Crippen LogP contribution >= 0.6 is 0 Å². The average molecular weight is 434 g/mol. The molecule has 1 amide bonds. The fourth-order valence-electron chi connectivity index (χ4n) is 4.16. The molecule has 0 saturated heterocycles. The van der Waals surface area contributed by atoms with Crippen molar-refractivity contribution in [1.82, 2.24) is 15.6 Å². The quantitative estimate of drug-likeness (QED) is 0.289. The van der Waals surface area contributed by atoms with Crippen LogP contribution in [0.2, 0.25) is 0 Å². The second-order valence-electron chi connectivity index (χ2n) is 7.84. The van der Waals surface area contributed by atoms with Crippen LogP contribution < -0.4 is 20.3 Å². The summed E-state index contributed by atoms with van der Waals surface area (Å²) >= 11 is 0. The number of guanidine groups is 1. The molecule has 1 aliphatic rings. The monoisotopic (exact) mass is 433 g/mol. The molecule has 7 heteroatoms. The van der Waals surface area contributed by atoms with Crippen LogP contribution in [0.4, 0.5) is 5.69 Å². The van der Waals surface area contributed by atoms with Crippen LogP contribution in [-0.4, -0.2) is 50.1 Å². The number of carbonyl (C=O) groups excluding carboxylic acids is 1. The summed E-state index contributed by atoms with van der Waals surface area (Å²) in [7, 11) is 1.77. The highest BCUT2D eigenvalue weighted by Gasteiger charge is 2.24. The molecule has 0 radical (unpaired) electrons. The largest absolute Gasteiger partial charge is 0.482 e. The molecule has 4 rings (SSSR count). The number of aromatic nitrogens is 1. The number of amides is 1. The van der Waals surface area contributed by atoms with Gasteiger partial charge in [0.2, 0.25) is 0 Å². The first kappa shape index (κ1) is 21.7. The second kappa shape index (κ2) is 10.2. The highest BCUT2D eigenvalue weighted by molar-refractivity contribution is 5.97. The Hall–Kier alpha value is -3.48. The number of rotatable bonds is 8. The Labute approximate surface area is 188 Å². The summed E-state index contributed by atoms with van der Waals surface area (Å²) < 4.78 is 5.50. The highest BCUT2D eigenvalue weighted by Crippen LogP contribution is 2.31. The van der Waals surface area contributed by atoms with E-state index in [1.54, 1.807) is 11.9 Å². The van der Waals surface area contributed by atoms with Crippen LogP contribution in [0, 0.1) is 0 Å². The van der Waals surface area contributed by atoms with E-state index in [0.717, 1.165) is 49.7 Å². The fourth-order valence-corrected chi connectivity index (χ4v) is 4.16. The molecule has 2 aromatic carbocycles. The maximum atomic E-state index is 12.3. The summed E-state index contributed by atoms with van der Waals surface area (Å²) in [6.07, 6.45) is 4.85. The standard InChI is InChI=1S/C25H31N5O2/c1-3-18-8-6-9-20-19(16-29-24(18)20)12-14-28-25(26-2)27-13-7-15-30-21-10-4-5-11-22(21)32-17-23(30)31/h4-6,8-11,16,29H,3,7,12-15,17H2,1-2H3,(H2,26,27,28). The van der Waals surface area contributed by atoms with Crippen LogP contribution in [0.5, 0.6) is 5.75 Å². The van der Waals surface area contributed by atoms with Crippen LogP contribution in [0.1, 0.15) is 24.5 Å². The molecule has 1 aliphatic heterocycles.